The van der Waals surface area contributed by atoms with E-state index in [2.05, 4.69) is 10.4 Å². The van der Waals surface area contributed by atoms with Crippen molar-refractivity contribution in [2.24, 2.45) is 0 Å². The standard InChI is InChI=1S/C19H17Cl2N3OS3/c1-11(15-9-8-13(20)10-16(15)21)22-17(25)12(2)27-18-23-24(19(26)28-18)14-6-4-3-5-7-14/h3-12H,1-2H3,(H,22,25). The van der Waals surface area contributed by atoms with E-state index >= 15 is 0 Å². The maximum Gasteiger partial charge on any atom is 0.233 e. The molecule has 1 amide bonds. The summed E-state index contributed by atoms with van der Waals surface area (Å²) in [5.74, 6) is -0.101. The average Bonchev–Trinajstić information content (AvgIpc) is 3.02. The topological polar surface area (TPSA) is 46.9 Å². The highest BCUT2D eigenvalue weighted by molar-refractivity contribution is 8.02. The molecule has 3 aromatic rings. The molecule has 1 N–H and O–H groups in total. The third-order valence-electron chi connectivity index (χ3n) is 3.96. The molecule has 2 atom stereocenters. The summed E-state index contributed by atoms with van der Waals surface area (Å²) in [6.45, 7) is 3.73. The molecule has 4 nitrogen and oxygen atoms in total. The van der Waals surface area contributed by atoms with Gasteiger partial charge in [-0.2, -0.15) is 0 Å². The average molecular weight is 470 g/mol. The Bertz CT molecular complexity index is 1040. The van der Waals surface area contributed by atoms with Crippen LogP contribution in [0.5, 0.6) is 0 Å². The number of nitrogens with zero attached hydrogens (tertiary/aromatic N) is 2. The number of hydrogen-bond donors (Lipinski definition) is 1. The highest BCUT2D eigenvalue weighted by Gasteiger charge is 2.20. The van der Waals surface area contributed by atoms with E-state index in [-0.39, 0.29) is 17.2 Å². The van der Waals surface area contributed by atoms with E-state index in [1.165, 1.54) is 23.1 Å². The van der Waals surface area contributed by atoms with Gasteiger partial charge in [0.15, 0.2) is 8.29 Å². The number of aromatic nitrogens is 2. The zero-order chi connectivity index (χ0) is 20.3. The van der Waals surface area contributed by atoms with Gasteiger partial charge in [-0.3, -0.25) is 4.79 Å². The lowest BCUT2D eigenvalue weighted by molar-refractivity contribution is -0.120. The number of hydrogen-bond acceptors (Lipinski definition) is 5. The fourth-order valence-corrected chi connectivity index (χ4v) is 5.59. The lowest BCUT2D eigenvalue weighted by atomic mass is 10.1. The van der Waals surface area contributed by atoms with Gasteiger partial charge in [0.2, 0.25) is 5.91 Å². The number of nitrogens with one attached hydrogen (secondary N) is 1. The Hall–Kier alpha value is -1.38. The molecule has 0 fully saturated rings. The number of thioether (sulfide) groups is 1. The van der Waals surface area contributed by atoms with Crippen LogP contribution >= 0.6 is 58.5 Å². The van der Waals surface area contributed by atoms with Crippen LogP contribution in [0.2, 0.25) is 10.0 Å². The first-order valence-corrected chi connectivity index (χ1v) is 11.3. The summed E-state index contributed by atoms with van der Waals surface area (Å²) in [7, 11) is 0. The molecule has 9 heteroatoms. The Morgan fingerprint density at radius 1 is 1.21 bits per heavy atom. The van der Waals surface area contributed by atoms with Crippen molar-refractivity contribution in [3.05, 3.63) is 68.1 Å². The molecule has 1 aromatic heterocycles. The molecule has 28 heavy (non-hydrogen) atoms. The van der Waals surface area contributed by atoms with Crippen LogP contribution in [0.4, 0.5) is 0 Å². The van der Waals surface area contributed by atoms with Crippen LogP contribution in [0.25, 0.3) is 5.69 Å². The minimum absolute atomic E-state index is 0.101. The molecule has 0 saturated carbocycles. The molecule has 2 unspecified atom stereocenters. The van der Waals surface area contributed by atoms with Gasteiger partial charge in [0.25, 0.3) is 0 Å². The van der Waals surface area contributed by atoms with Gasteiger partial charge < -0.3 is 5.32 Å². The fourth-order valence-electron chi connectivity index (χ4n) is 2.51. The summed E-state index contributed by atoms with van der Waals surface area (Å²) < 4.78 is 3.10. The number of amides is 1. The molecular formula is C19H17Cl2N3OS3. The second-order valence-electron chi connectivity index (χ2n) is 6.04. The van der Waals surface area contributed by atoms with Gasteiger partial charge in [0.1, 0.15) is 0 Å². The number of para-hydroxylation sites is 1. The Morgan fingerprint density at radius 3 is 2.61 bits per heavy atom. The van der Waals surface area contributed by atoms with Crippen molar-refractivity contribution in [2.45, 2.75) is 29.5 Å². The second kappa shape index (κ2) is 9.41. The van der Waals surface area contributed by atoms with Crippen molar-refractivity contribution in [1.29, 1.82) is 0 Å². The third kappa shape index (κ3) is 5.15. The van der Waals surface area contributed by atoms with Crippen LogP contribution in [-0.4, -0.2) is 20.9 Å². The maximum absolute atomic E-state index is 12.6. The normalized spacial score (nSPS) is 13.1. The molecule has 2 aromatic carbocycles. The van der Waals surface area contributed by atoms with Gasteiger partial charge >= 0.3 is 0 Å². The summed E-state index contributed by atoms with van der Waals surface area (Å²) in [5.41, 5.74) is 1.72. The van der Waals surface area contributed by atoms with Gasteiger partial charge in [0.05, 0.1) is 17.0 Å². The van der Waals surface area contributed by atoms with Crippen molar-refractivity contribution in [3.8, 4) is 5.69 Å². The molecule has 0 aliphatic carbocycles. The number of carbonyl (C=O) groups excluding carboxylic acids is 1. The zero-order valence-corrected chi connectivity index (χ0v) is 19.0. The van der Waals surface area contributed by atoms with Crippen LogP contribution in [0.15, 0.2) is 52.9 Å². The van der Waals surface area contributed by atoms with E-state index < -0.39 is 0 Å². The van der Waals surface area contributed by atoms with E-state index in [1.807, 2.05) is 50.2 Å². The zero-order valence-electron chi connectivity index (χ0n) is 15.1. The van der Waals surface area contributed by atoms with Crippen molar-refractivity contribution in [2.75, 3.05) is 0 Å². The number of halogens is 2. The molecule has 0 saturated heterocycles. The van der Waals surface area contributed by atoms with Gasteiger partial charge in [-0.05, 0) is 55.9 Å². The van der Waals surface area contributed by atoms with E-state index in [0.29, 0.717) is 14.0 Å². The number of benzene rings is 2. The largest absolute Gasteiger partial charge is 0.349 e. The van der Waals surface area contributed by atoms with Crippen LogP contribution in [0.1, 0.15) is 25.5 Å². The molecule has 1 heterocycles. The van der Waals surface area contributed by atoms with Crippen molar-refractivity contribution in [3.63, 3.8) is 0 Å². The molecule has 0 aliphatic rings. The van der Waals surface area contributed by atoms with Gasteiger partial charge in [0, 0.05) is 10.0 Å². The Labute approximate surface area is 186 Å². The molecule has 0 bridgehead atoms. The van der Waals surface area contributed by atoms with Gasteiger partial charge in [-0.1, -0.05) is 70.6 Å². The van der Waals surface area contributed by atoms with Crippen molar-refractivity contribution < 1.29 is 4.79 Å². The first-order valence-electron chi connectivity index (χ1n) is 8.42. The third-order valence-corrected chi connectivity index (χ3v) is 6.94. The number of carbonyl (C=O) groups is 1. The minimum atomic E-state index is -0.335. The lowest BCUT2D eigenvalue weighted by Crippen LogP contribution is -2.33. The van der Waals surface area contributed by atoms with Gasteiger partial charge in [-0.25, -0.2) is 4.68 Å². The van der Waals surface area contributed by atoms with Crippen molar-refractivity contribution in [1.82, 2.24) is 15.1 Å². The molecule has 0 aliphatic heterocycles. The smallest absolute Gasteiger partial charge is 0.233 e. The predicted molar refractivity (Wildman–Crippen MR) is 121 cm³/mol. The summed E-state index contributed by atoms with van der Waals surface area (Å²) in [5, 5.41) is 8.28. The van der Waals surface area contributed by atoms with E-state index in [0.717, 1.165) is 15.6 Å². The van der Waals surface area contributed by atoms with Crippen molar-refractivity contribution >= 4 is 64.4 Å². The first kappa shape index (κ1) is 21.3. The van der Waals surface area contributed by atoms with E-state index in [1.54, 1.807) is 16.8 Å². The quantitative estimate of drug-likeness (QED) is 0.338. The molecular weight excluding hydrogens is 453 g/mol. The molecule has 146 valence electrons. The summed E-state index contributed by atoms with van der Waals surface area (Å²) in [6, 6.07) is 14.7. The fraction of sp³-hybridized carbons (Fsp3) is 0.211. The van der Waals surface area contributed by atoms with E-state index in [9.17, 15) is 4.79 Å². The number of rotatable bonds is 6. The molecule has 3 rings (SSSR count). The summed E-state index contributed by atoms with van der Waals surface area (Å²) in [6.07, 6.45) is 0. The molecule has 0 spiro atoms. The second-order valence-corrected chi connectivity index (χ2v) is 10.1. The van der Waals surface area contributed by atoms with E-state index in [4.69, 9.17) is 35.4 Å². The Kier molecular flexibility index (Phi) is 7.17. The highest BCUT2D eigenvalue weighted by atomic mass is 35.5. The van der Waals surface area contributed by atoms with Crippen LogP contribution < -0.4 is 5.32 Å². The highest BCUT2D eigenvalue weighted by Crippen LogP contribution is 2.29. The SMILES string of the molecule is CC(Sc1nn(-c2ccccc2)c(=S)s1)C(=O)NC(C)c1ccc(Cl)cc1Cl. The minimum Gasteiger partial charge on any atom is -0.349 e. The van der Waals surface area contributed by atoms with Crippen LogP contribution in [0.3, 0.4) is 0 Å². The van der Waals surface area contributed by atoms with Gasteiger partial charge in [-0.15, -0.1) is 5.10 Å². The van der Waals surface area contributed by atoms with Crippen LogP contribution in [-0.2, 0) is 4.79 Å². The predicted octanol–water partition coefficient (Wildman–Crippen LogP) is 6.33. The lowest BCUT2D eigenvalue weighted by Gasteiger charge is -2.18. The first-order chi connectivity index (χ1) is 13.3. The maximum atomic E-state index is 12.6. The summed E-state index contributed by atoms with van der Waals surface area (Å²) >= 11 is 20.3. The Morgan fingerprint density at radius 2 is 1.93 bits per heavy atom. The summed E-state index contributed by atoms with van der Waals surface area (Å²) in [4.78, 5) is 12.6. The monoisotopic (exact) mass is 469 g/mol. The van der Waals surface area contributed by atoms with Crippen LogP contribution in [0, 0.1) is 3.95 Å². The molecule has 0 radical (unpaired) electrons. The Balaban J connectivity index is 1.67.